The number of carbonyl (C=O) groups is 1. The van der Waals surface area contributed by atoms with Crippen LogP contribution in [0.2, 0.25) is 0 Å². The van der Waals surface area contributed by atoms with Gasteiger partial charge in [0, 0.05) is 11.6 Å². The van der Waals surface area contributed by atoms with E-state index in [-0.39, 0.29) is 5.82 Å². The molecule has 0 atom stereocenters. The van der Waals surface area contributed by atoms with E-state index in [1.165, 1.54) is 17.5 Å². The van der Waals surface area contributed by atoms with Crippen LogP contribution in [-0.4, -0.2) is 31.1 Å². The Morgan fingerprint density at radius 1 is 1.38 bits per heavy atom. The fraction of sp³-hybridized carbons (Fsp3) is 0. The van der Waals surface area contributed by atoms with Crippen molar-refractivity contribution in [3.63, 3.8) is 0 Å². The minimum atomic E-state index is -0.951. The topological polar surface area (TPSA) is 122 Å². The van der Waals surface area contributed by atoms with Crippen LogP contribution in [0.25, 0.3) is 10.8 Å². The smallest absolute Gasteiger partial charge is 0.271 e. The van der Waals surface area contributed by atoms with Gasteiger partial charge in [0.05, 0.1) is 0 Å². The number of thiazole rings is 1. The lowest BCUT2D eigenvalue weighted by atomic mass is 10.3. The minimum absolute atomic E-state index is 0.0408. The molecule has 2 rings (SSSR count). The third-order valence-corrected chi connectivity index (χ3v) is 2.49. The molecule has 82 valence electrons. The summed E-state index contributed by atoms with van der Waals surface area (Å²) in [6.07, 6.45) is 1.53. The summed E-state index contributed by atoms with van der Waals surface area (Å²) in [5.41, 5.74) is 4.56. The Labute approximate surface area is 93.2 Å². The quantitative estimate of drug-likeness (QED) is 0.682. The Morgan fingerprint density at radius 3 is 2.69 bits per heavy atom. The normalized spacial score (nSPS) is 10.2. The van der Waals surface area contributed by atoms with Crippen molar-refractivity contribution in [2.45, 2.75) is 0 Å². The van der Waals surface area contributed by atoms with Crippen LogP contribution < -0.4 is 5.73 Å². The largest absolute Gasteiger partial charge is 0.501 e. The number of aromatic nitrogens is 3. The van der Waals surface area contributed by atoms with Gasteiger partial charge in [-0.05, 0) is 0 Å². The van der Waals surface area contributed by atoms with E-state index in [1.807, 2.05) is 0 Å². The zero-order chi connectivity index (χ0) is 11.7. The third-order valence-electron chi connectivity index (χ3n) is 1.72. The summed E-state index contributed by atoms with van der Waals surface area (Å²) < 4.78 is 0. The predicted octanol–water partition coefficient (Wildman–Crippen LogP) is 0.110. The summed E-state index contributed by atoms with van der Waals surface area (Å²) in [5, 5.41) is 20.7. The lowest BCUT2D eigenvalue weighted by Crippen LogP contribution is -2.14. The highest BCUT2D eigenvalue weighted by atomic mass is 32.1. The number of hydrogen-bond donors (Lipinski definition) is 3. The highest BCUT2D eigenvalue weighted by molar-refractivity contribution is 7.13. The van der Waals surface area contributed by atoms with Crippen LogP contribution in [0.4, 0.5) is 0 Å². The first-order valence-electron chi connectivity index (χ1n) is 4.09. The summed E-state index contributed by atoms with van der Waals surface area (Å²) in [6.45, 7) is 0. The van der Waals surface area contributed by atoms with Gasteiger partial charge in [0.25, 0.3) is 11.8 Å². The maximum Gasteiger partial charge on any atom is 0.271 e. The van der Waals surface area contributed by atoms with Crippen LogP contribution in [0.5, 0.6) is 11.6 Å². The molecule has 1 amide bonds. The second-order valence-electron chi connectivity index (χ2n) is 2.77. The van der Waals surface area contributed by atoms with E-state index in [2.05, 4.69) is 15.0 Å². The lowest BCUT2D eigenvalue weighted by molar-refractivity contribution is 0.0991. The average Bonchev–Trinajstić information content (AvgIpc) is 2.74. The summed E-state index contributed by atoms with van der Waals surface area (Å²) in [6, 6.07) is 0. The van der Waals surface area contributed by atoms with E-state index >= 15 is 0 Å². The number of primary amides is 1. The summed E-state index contributed by atoms with van der Waals surface area (Å²) in [4.78, 5) is 22.2. The molecule has 4 N–H and O–H groups in total. The molecule has 0 fully saturated rings. The van der Waals surface area contributed by atoms with Gasteiger partial charge < -0.3 is 15.9 Å². The summed E-state index contributed by atoms with van der Waals surface area (Å²) in [7, 11) is 0. The molecule has 0 aliphatic carbocycles. The number of rotatable bonds is 2. The highest BCUT2D eigenvalue weighted by Gasteiger charge is 2.18. The van der Waals surface area contributed by atoms with Crippen LogP contribution in [-0.2, 0) is 0 Å². The fourth-order valence-corrected chi connectivity index (χ4v) is 1.61. The van der Waals surface area contributed by atoms with E-state index < -0.39 is 23.2 Å². The number of nitrogens with two attached hydrogens (primary N) is 1. The van der Waals surface area contributed by atoms with Crippen molar-refractivity contribution < 1.29 is 15.0 Å². The Balaban J connectivity index is 2.62. The van der Waals surface area contributed by atoms with Gasteiger partial charge in [-0.25, -0.2) is 9.97 Å². The molecule has 0 aromatic carbocycles. The van der Waals surface area contributed by atoms with Crippen molar-refractivity contribution in [3.8, 4) is 22.5 Å². The molecule has 2 aromatic rings. The van der Waals surface area contributed by atoms with Gasteiger partial charge in [0.15, 0.2) is 16.5 Å². The van der Waals surface area contributed by atoms with Crippen LogP contribution >= 0.6 is 11.3 Å². The molecule has 0 unspecified atom stereocenters. The van der Waals surface area contributed by atoms with Crippen LogP contribution in [0.1, 0.15) is 10.5 Å². The van der Waals surface area contributed by atoms with E-state index in [0.717, 1.165) is 0 Å². The van der Waals surface area contributed by atoms with Crippen molar-refractivity contribution in [2.75, 3.05) is 0 Å². The predicted molar refractivity (Wildman–Crippen MR) is 55.0 cm³/mol. The van der Waals surface area contributed by atoms with E-state index in [9.17, 15) is 15.0 Å². The first-order chi connectivity index (χ1) is 7.59. The fourth-order valence-electron chi connectivity index (χ4n) is 1.04. The molecule has 0 aliphatic rings. The van der Waals surface area contributed by atoms with Gasteiger partial charge in [-0.3, -0.25) is 4.79 Å². The molecular weight excluding hydrogens is 232 g/mol. The Morgan fingerprint density at radius 2 is 2.12 bits per heavy atom. The van der Waals surface area contributed by atoms with Gasteiger partial charge in [0.2, 0.25) is 5.75 Å². The van der Waals surface area contributed by atoms with Gasteiger partial charge in [-0.2, -0.15) is 4.98 Å². The number of amides is 1. The monoisotopic (exact) mass is 238 g/mol. The van der Waals surface area contributed by atoms with Gasteiger partial charge in [-0.15, -0.1) is 11.3 Å². The maximum absolute atomic E-state index is 10.9. The molecular formula is C8H6N4O3S. The number of carbonyl (C=O) groups excluding carboxylic acids is 1. The Bertz CT molecular complexity index is 540. The van der Waals surface area contributed by atoms with Crippen molar-refractivity contribution >= 4 is 17.2 Å². The second kappa shape index (κ2) is 3.74. The van der Waals surface area contributed by atoms with Gasteiger partial charge in [0.1, 0.15) is 0 Å². The van der Waals surface area contributed by atoms with Crippen LogP contribution in [0.15, 0.2) is 11.6 Å². The highest BCUT2D eigenvalue weighted by Crippen LogP contribution is 2.28. The van der Waals surface area contributed by atoms with Gasteiger partial charge >= 0.3 is 0 Å². The zero-order valence-corrected chi connectivity index (χ0v) is 8.60. The summed E-state index contributed by atoms with van der Waals surface area (Å²) >= 11 is 1.23. The number of hydrogen-bond acceptors (Lipinski definition) is 7. The lowest BCUT2D eigenvalue weighted by Gasteiger charge is -2.03. The molecule has 7 nitrogen and oxygen atoms in total. The Kier molecular flexibility index (Phi) is 2.41. The van der Waals surface area contributed by atoms with Crippen molar-refractivity contribution in [1.29, 1.82) is 0 Å². The van der Waals surface area contributed by atoms with Crippen molar-refractivity contribution in [2.24, 2.45) is 5.73 Å². The van der Waals surface area contributed by atoms with E-state index in [4.69, 9.17) is 5.73 Å². The van der Waals surface area contributed by atoms with Crippen LogP contribution in [0.3, 0.4) is 0 Å². The molecule has 2 heterocycles. The average molecular weight is 238 g/mol. The molecule has 2 aromatic heterocycles. The van der Waals surface area contributed by atoms with E-state index in [1.54, 1.807) is 5.38 Å². The molecule has 0 spiro atoms. The molecule has 0 saturated carbocycles. The maximum atomic E-state index is 10.9. The molecule has 8 heteroatoms. The van der Waals surface area contributed by atoms with Crippen LogP contribution in [0, 0.1) is 0 Å². The molecule has 0 radical (unpaired) electrons. The second-order valence-corrected chi connectivity index (χ2v) is 3.66. The SMILES string of the molecule is NC(=O)c1nc(-c2nccs2)nc(O)c1O. The zero-order valence-electron chi connectivity index (χ0n) is 7.78. The Hall–Kier alpha value is -2.22. The standard InChI is InChI=1S/C8H6N4O3S/c9-5(14)3-4(13)7(15)12-6(11-3)8-10-1-2-16-8/h1-2,13H,(H2,9,14)(H,11,12,15). The number of aromatic hydroxyl groups is 2. The van der Waals surface area contributed by atoms with Crippen molar-refractivity contribution in [3.05, 3.63) is 17.3 Å². The number of nitrogens with zero attached hydrogens (tertiary/aromatic N) is 3. The van der Waals surface area contributed by atoms with Crippen molar-refractivity contribution in [1.82, 2.24) is 15.0 Å². The summed E-state index contributed by atoms with van der Waals surface area (Å²) in [5.74, 6) is -2.34. The molecule has 0 aliphatic heterocycles. The third kappa shape index (κ3) is 1.65. The first kappa shape index (κ1) is 10.3. The molecule has 0 saturated heterocycles. The van der Waals surface area contributed by atoms with E-state index in [0.29, 0.717) is 5.01 Å². The molecule has 0 bridgehead atoms. The first-order valence-corrected chi connectivity index (χ1v) is 4.97. The molecule has 16 heavy (non-hydrogen) atoms. The minimum Gasteiger partial charge on any atom is -0.501 e. The van der Waals surface area contributed by atoms with Gasteiger partial charge in [-0.1, -0.05) is 0 Å².